The van der Waals surface area contributed by atoms with Crippen LogP contribution in [-0.4, -0.2) is 73.1 Å². The summed E-state index contributed by atoms with van der Waals surface area (Å²) in [5, 5.41) is 26.1. The number of hydrogen-bond donors (Lipinski definition) is 4. The molecule has 8 nitrogen and oxygen atoms in total. The molecule has 0 radical (unpaired) electrons. The molecule has 9 heteroatoms. The molecular formula is C18H27ClN2O6. The molecule has 5 unspecified atom stereocenters. The van der Waals surface area contributed by atoms with Crippen molar-refractivity contribution in [3.05, 3.63) is 35.9 Å². The summed E-state index contributed by atoms with van der Waals surface area (Å²) in [6.07, 6.45) is -3.85. The minimum Gasteiger partial charge on any atom is -0.387 e. The molecule has 3 aliphatic heterocycles. The van der Waals surface area contributed by atoms with Crippen LogP contribution >= 0.6 is 12.4 Å². The number of rotatable bonds is 6. The number of aliphatic hydroxyl groups is 2. The van der Waals surface area contributed by atoms with Crippen LogP contribution in [0.1, 0.15) is 12.0 Å². The summed E-state index contributed by atoms with van der Waals surface area (Å²) < 4.78 is 16.8. The smallest absolute Gasteiger partial charge is 0.234 e. The predicted octanol–water partition coefficient (Wildman–Crippen LogP) is -0.434. The highest BCUT2D eigenvalue weighted by Gasteiger charge is 2.46. The van der Waals surface area contributed by atoms with Gasteiger partial charge in [-0.1, -0.05) is 30.3 Å². The van der Waals surface area contributed by atoms with Crippen LogP contribution in [0, 0.1) is 0 Å². The molecule has 1 amide bonds. The first-order chi connectivity index (χ1) is 12.6. The van der Waals surface area contributed by atoms with Gasteiger partial charge in [0.25, 0.3) is 0 Å². The number of amides is 1. The Morgan fingerprint density at radius 3 is 2.63 bits per heavy atom. The van der Waals surface area contributed by atoms with Gasteiger partial charge in [-0.15, -0.1) is 12.4 Å². The van der Waals surface area contributed by atoms with Crippen LogP contribution in [0.3, 0.4) is 0 Å². The molecule has 0 spiro atoms. The summed E-state index contributed by atoms with van der Waals surface area (Å²) >= 11 is 0. The topological polar surface area (TPSA) is 109 Å². The maximum Gasteiger partial charge on any atom is 0.234 e. The van der Waals surface area contributed by atoms with E-state index in [0.717, 1.165) is 5.56 Å². The number of aliphatic hydroxyl groups excluding tert-OH is 2. The Balaban J connectivity index is 0.00000261. The van der Waals surface area contributed by atoms with Crippen LogP contribution in [0.25, 0.3) is 0 Å². The van der Waals surface area contributed by atoms with Crippen LogP contribution in [0.15, 0.2) is 30.3 Å². The fraction of sp³-hybridized carbons (Fsp3) is 0.611. The molecule has 4 N–H and O–H groups in total. The van der Waals surface area contributed by atoms with Gasteiger partial charge in [-0.3, -0.25) is 4.79 Å². The lowest BCUT2D eigenvalue weighted by molar-refractivity contribution is -0.292. The van der Waals surface area contributed by atoms with Gasteiger partial charge in [0.2, 0.25) is 5.91 Å². The van der Waals surface area contributed by atoms with E-state index in [0.29, 0.717) is 26.2 Å². The minimum absolute atomic E-state index is 0. The number of carbonyl (C=O) groups is 1. The van der Waals surface area contributed by atoms with Crippen molar-refractivity contribution >= 4 is 18.3 Å². The quantitative estimate of drug-likeness (QED) is 0.511. The first-order valence-corrected chi connectivity index (χ1v) is 8.91. The van der Waals surface area contributed by atoms with E-state index in [4.69, 9.17) is 14.2 Å². The third-order valence-corrected chi connectivity index (χ3v) is 4.48. The van der Waals surface area contributed by atoms with E-state index >= 15 is 0 Å². The number of halogens is 1. The lowest BCUT2D eigenvalue weighted by Crippen LogP contribution is -2.61. The molecule has 3 saturated heterocycles. The summed E-state index contributed by atoms with van der Waals surface area (Å²) in [4.78, 5) is 12.0. The molecule has 152 valence electrons. The Morgan fingerprint density at radius 1 is 1.11 bits per heavy atom. The maximum atomic E-state index is 12.0. The van der Waals surface area contributed by atoms with Crippen LogP contribution in [0.4, 0.5) is 0 Å². The summed E-state index contributed by atoms with van der Waals surface area (Å²) in [6, 6.07) is 9.80. The normalized spacial score (nSPS) is 30.5. The predicted molar refractivity (Wildman–Crippen MR) is 99.4 cm³/mol. The second-order valence-corrected chi connectivity index (χ2v) is 6.48. The number of nitrogens with one attached hydrogen (secondary N) is 2. The third kappa shape index (κ3) is 6.11. The number of fused-ring (bicyclic) bond motifs is 6. The van der Waals surface area contributed by atoms with Crippen molar-refractivity contribution in [1.29, 1.82) is 0 Å². The van der Waals surface area contributed by atoms with Crippen molar-refractivity contribution in [2.75, 3.05) is 26.3 Å². The molecule has 0 saturated carbocycles. The third-order valence-electron chi connectivity index (χ3n) is 4.48. The van der Waals surface area contributed by atoms with Gasteiger partial charge in [-0.2, -0.15) is 0 Å². The van der Waals surface area contributed by atoms with Crippen molar-refractivity contribution in [3.63, 3.8) is 0 Å². The van der Waals surface area contributed by atoms with Crippen molar-refractivity contribution in [3.8, 4) is 0 Å². The van der Waals surface area contributed by atoms with Gasteiger partial charge in [0.15, 0.2) is 6.29 Å². The molecular weight excluding hydrogens is 376 g/mol. The highest BCUT2D eigenvalue weighted by molar-refractivity contribution is 5.85. The van der Waals surface area contributed by atoms with Gasteiger partial charge in [0.05, 0.1) is 13.2 Å². The average Bonchev–Trinajstić information content (AvgIpc) is 2.79. The molecule has 27 heavy (non-hydrogen) atoms. The molecule has 3 heterocycles. The second-order valence-electron chi connectivity index (χ2n) is 6.48. The van der Waals surface area contributed by atoms with E-state index in [1.165, 1.54) is 0 Å². The molecule has 5 atom stereocenters. The van der Waals surface area contributed by atoms with Crippen molar-refractivity contribution in [2.45, 2.75) is 43.7 Å². The van der Waals surface area contributed by atoms with Crippen LogP contribution < -0.4 is 10.6 Å². The van der Waals surface area contributed by atoms with Gasteiger partial charge in [-0.05, 0) is 12.0 Å². The first kappa shape index (κ1) is 22.0. The Hall–Kier alpha value is -1.26. The van der Waals surface area contributed by atoms with Crippen molar-refractivity contribution < 1.29 is 29.2 Å². The van der Waals surface area contributed by atoms with Gasteiger partial charge in [0.1, 0.15) is 24.4 Å². The Kier molecular flexibility index (Phi) is 8.91. The summed E-state index contributed by atoms with van der Waals surface area (Å²) in [6.45, 7) is 1.70. The molecule has 1 aromatic carbocycles. The fourth-order valence-corrected chi connectivity index (χ4v) is 3.08. The molecule has 0 aliphatic carbocycles. The maximum absolute atomic E-state index is 12.0. The largest absolute Gasteiger partial charge is 0.387 e. The van der Waals surface area contributed by atoms with E-state index < -0.39 is 30.7 Å². The van der Waals surface area contributed by atoms with Gasteiger partial charge in [-0.25, -0.2) is 0 Å². The molecule has 3 aliphatic rings. The van der Waals surface area contributed by atoms with E-state index in [-0.39, 0.29) is 31.4 Å². The number of benzene rings is 1. The molecule has 0 aromatic heterocycles. The van der Waals surface area contributed by atoms with Crippen molar-refractivity contribution in [2.24, 2.45) is 0 Å². The lowest BCUT2D eigenvalue weighted by atomic mass is 9.98. The molecule has 2 bridgehead atoms. The first-order valence-electron chi connectivity index (χ1n) is 8.91. The Labute approximate surface area is 164 Å². The van der Waals surface area contributed by atoms with Crippen LogP contribution in [-0.2, 0) is 25.5 Å². The van der Waals surface area contributed by atoms with Crippen LogP contribution in [0.5, 0.6) is 0 Å². The van der Waals surface area contributed by atoms with Crippen molar-refractivity contribution in [1.82, 2.24) is 10.6 Å². The SMILES string of the molecule is Cl.O=C(CNCc1ccccc1)NCC1OC2OCCCOC1C(O)C2O. The number of carbonyl (C=O) groups excluding carboxylic acids is 1. The van der Waals surface area contributed by atoms with E-state index in [1.54, 1.807) is 0 Å². The lowest BCUT2D eigenvalue weighted by Gasteiger charge is -2.41. The highest BCUT2D eigenvalue weighted by Crippen LogP contribution is 2.25. The van der Waals surface area contributed by atoms with Crippen LogP contribution in [0.2, 0.25) is 0 Å². The van der Waals surface area contributed by atoms with Gasteiger partial charge in [0, 0.05) is 19.7 Å². The van der Waals surface area contributed by atoms with Gasteiger partial charge < -0.3 is 35.1 Å². The molecule has 4 rings (SSSR count). The summed E-state index contributed by atoms with van der Waals surface area (Å²) in [5.74, 6) is -0.184. The monoisotopic (exact) mass is 402 g/mol. The highest BCUT2D eigenvalue weighted by atomic mass is 35.5. The minimum atomic E-state index is -1.17. The zero-order valence-electron chi connectivity index (χ0n) is 15.0. The summed E-state index contributed by atoms with van der Waals surface area (Å²) in [7, 11) is 0. The number of hydrogen-bond acceptors (Lipinski definition) is 7. The Morgan fingerprint density at radius 2 is 1.85 bits per heavy atom. The molecule has 3 fully saturated rings. The molecule has 1 aromatic rings. The van der Waals surface area contributed by atoms with E-state index in [9.17, 15) is 15.0 Å². The average molecular weight is 403 g/mol. The zero-order chi connectivity index (χ0) is 18.4. The van der Waals surface area contributed by atoms with Gasteiger partial charge >= 0.3 is 0 Å². The second kappa shape index (κ2) is 10.9. The van der Waals surface area contributed by atoms with E-state index in [1.807, 2.05) is 30.3 Å². The van der Waals surface area contributed by atoms with E-state index in [2.05, 4.69) is 10.6 Å². The Bertz CT molecular complexity index is 576. The standard InChI is InChI=1S/C18H26N2O6.ClH/c21-14(11-19-9-12-5-2-1-3-6-12)20-10-13-17-15(22)16(23)18(26-13)25-8-4-7-24-17;/h1-3,5-6,13,15-19,22-23H,4,7-11H2,(H,20,21);1H. The zero-order valence-corrected chi connectivity index (χ0v) is 15.8. The number of ether oxygens (including phenoxy) is 3. The fourth-order valence-electron chi connectivity index (χ4n) is 3.08. The summed E-state index contributed by atoms with van der Waals surface area (Å²) in [5.41, 5.74) is 1.10.